The Bertz CT molecular complexity index is 678. The van der Waals surface area contributed by atoms with Gasteiger partial charge in [0.15, 0.2) is 0 Å². The van der Waals surface area contributed by atoms with Gasteiger partial charge in [0.05, 0.1) is 6.54 Å². The molecule has 0 saturated heterocycles. The van der Waals surface area contributed by atoms with Gasteiger partial charge in [-0.3, -0.25) is 4.79 Å². The Hall–Kier alpha value is -2.49. The molecule has 0 unspecified atom stereocenters. The summed E-state index contributed by atoms with van der Waals surface area (Å²) >= 11 is 0. The molecule has 2 aromatic rings. The number of nitrogens with one attached hydrogen (secondary N) is 1. The number of carbonyl (C=O) groups excluding carboxylic acids is 1. The standard InChI is InChI=1S/C21H29N3O/c1-5-23(6-2)19-13-11-18(12-14-19)22-21(25)16-24(7-3)20-10-8-9-17(4)15-20/h8-15H,5-7,16H2,1-4H3,(H,22,25). The SMILES string of the molecule is CCN(CC)c1ccc(NC(=O)CN(CC)c2cccc(C)c2)cc1. The monoisotopic (exact) mass is 339 g/mol. The van der Waals surface area contributed by atoms with Crippen LogP contribution < -0.4 is 15.1 Å². The van der Waals surface area contributed by atoms with Crippen LogP contribution in [0.25, 0.3) is 0 Å². The van der Waals surface area contributed by atoms with Gasteiger partial charge in [-0.05, 0) is 69.7 Å². The summed E-state index contributed by atoms with van der Waals surface area (Å²) in [5, 5.41) is 2.99. The molecule has 4 nitrogen and oxygen atoms in total. The van der Waals surface area contributed by atoms with Gasteiger partial charge in [-0.15, -0.1) is 0 Å². The van der Waals surface area contributed by atoms with Crippen LogP contribution in [0.1, 0.15) is 26.3 Å². The highest BCUT2D eigenvalue weighted by Gasteiger charge is 2.11. The average molecular weight is 339 g/mol. The largest absolute Gasteiger partial charge is 0.372 e. The van der Waals surface area contributed by atoms with Gasteiger partial charge in [0, 0.05) is 36.7 Å². The molecule has 0 heterocycles. The summed E-state index contributed by atoms with van der Waals surface area (Å²) in [5.74, 6) is -0.000977. The van der Waals surface area contributed by atoms with E-state index < -0.39 is 0 Å². The van der Waals surface area contributed by atoms with Crippen molar-refractivity contribution in [2.24, 2.45) is 0 Å². The maximum absolute atomic E-state index is 12.4. The Morgan fingerprint density at radius 1 is 0.880 bits per heavy atom. The van der Waals surface area contributed by atoms with E-state index in [2.05, 4.69) is 67.1 Å². The predicted octanol–water partition coefficient (Wildman–Crippen LogP) is 4.31. The lowest BCUT2D eigenvalue weighted by molar-refractivity contribution is -0.115. The highest BCUT2D eigenvalue weighted by molar-refractivity contribution is 5.94. The molecule has 0 aliphatic carbocycles. The summed E-state index contributed by atoms with van der Waals surface area (Å²) in [6.07, 6.45) is 0. The zero-order valence-electron chi connectivity index (χ0n) is 15.7. The van der Waals surface area contributed by atoms with Gasteiger partial charge in [0.2, 0.25) is 5.91 Å². The number of benzene rings is 2. The van der Waals surface area contributed by atoms with Gasteiger partial charge >= 0.3 is 0 Å². The predicted molar refractivity (Wildman–Crippen MR) is 108 cm³/mol. The van der Waals surface area contributed by atoms with Gasteiger partial charge in [-0.25, -0.2) is 0 Å². The van der Waals surface area contributed by atoms with Gasteiger partial charge in [0.25, 0.3) is 0 Å². The summed E-state index contributed by atoms with van der Waals surface area (Å²) in [6.45, 7) is 11.5. The van der Waals surface area contributed by atoms with E-state index in [1.54, 1.807) is 0 Å². The van der Waals surface area contributed by atoms with Crippen molar-refractivity contribution in [1.82, 2.24) is 0 Å². The number of aryl methyl sites for hydroxylation is 1. The highest BCUT2D eigenvalue weighted by Crippen LogP contribution is 2.19. The molecule has 4 heteroatoms. The Kier molecular flexibility index (Phi) is 6.87. The van der Waals surface area contributed by atoms with Gasteiger partial charge in [-0.1, -0.05) is 12.1 Å². The zero-order valence-corrected chi connectivity index (χ0v) is 15.7. The number of carbonyl (C=O) groups is 1. The summed E-state index contributed by atoms with van der Waals surface area (Å²) in [6, 6.07) is 16.3. The van der Waals surface area contributed by atoms with Crippen molar-refractivity contribution in [3.63, 3.8) is 0 Å². The van der Waals surface area contributed by atoms with Crippen molar-refractivity contribution in [2.75, 3.05) is 41.3 Å². The lowest BCUT2D eigenvalue weighted by Crippen LogP contribution is -2.33. The second kappa shape index (κ2) is 9.11. The molecule has 0 saturated carbocycles. The van der Waals surface area contributed by atoms with Crippen LogP contribution >= 0.6 is 0 Å². The molecule has 0 spiro atoms. The maximum Gasteiger partial charge on any atom is 0.243 e. The van der Waals surface area contributed by atoms with E-state index in [4.69, 9.17) is 0 Å². The van der Waals surface area contributed by atoms with Crippen molar-refractivity contribution in [3.8, 4) is 0 Å². The minimum absolute atomic E-state index is 0.000977. The topological polar surface area (TPSA) is 35.6 Å². The number of hydrogen-bond donors (Lipinski definition) is 1. The molecule has 0 bridgehead atoms. The molecule has 0 aromatic heterocycles. The first-order valence-corrected chi connectivity index (χ1v) is 9.03. The van der Waals surface area contributed by atoms with Crippen LogP contribution in [0.2, 0.25) is 0 Å². The highest BCUT2D eigenvalue weighted by atomic mass is 16.2. The first-order valence-electron chi connectivity index (χ1n) is 9.03. The third kappa shape index (κ3) is 5.24. The van der Waals surface area contributed by atoms with Gasteiger partial charge < -0.3 is 15.1 Å². The molecule has 0 aliphatic heterocycles. The van der Waals surface area contributed by atoms with E-state index in [1.165, 1.54) is 11.3 Å². The van der Waals surface area contributed by atoms with Crippen molar-refractivity contribution >= 4 is 23.0 Å². The molecule has 2 rings (SSSR count). The minimum atomic E-state index is -0.000977. The first kappa shape index (κ1) is 18.8. The van der Waals surface area contributed by atoms with Crippen LogP contribution in [0.5, 0.6) is 0 Å². The molecule has 134 valence electrons. The third-order valence-corrected chi connectivity index (χ3v) is 4.36. The van der Waals surface area contributed by atoms with E-state index in [0.29, 0.717) is 6.54 Å². The molecule has 0 radical (unpaired) electrons. The molecule has 2 aromatic carbocycles. The van der Waals surface area contributed by atoms with Crippen molar-refractivity contribution in [2.45, 2.75) is 27.7 Å². The van der Waals surface area contributed by atoms with Crippen LogP contribution in [0, 0.1) is 6.92 Å². The Labute approximate surface area is 151 Å². The van der Waals surface area contributed by atoms with Crippen molar-refractivity contribution in [1.29, 1.82) is 0 Å². The lowest BCUT2D eigenvalue weighted by atomic mass is 10.2. The number of likely N-dealkylation sites (N-methyl/N-ethyl adjacent to an activating group) is 1. The number of anilines is 3. The van der Waals surface area contributed by atoms with E-state index in [-0.39, 0.29) is 5.91 Å². The summed E-state index contributed by atoms with van der Waals surface area (Å²) in [5.41, 5.74) is 4.29. The van der Waals surface area contributed by atoms with Crippen LogP contribution in [0.3, 0.4) is 0 Å². The maximum atomic E-state index is 12.4. The molecular formula is C21H29N3O. The van der Waals surface area contributed by atoms with E-state index in [1.807, 2.05) is 24.3 Å². The Balaban J connectivity index is 1.99. The molecule has 1 amide bonds. The van der Waals surface area contributed by atoms with Crippen LogP contribution in [-0.2, 0) is 4.79 Å². The van der Waals surface area contributed by atoms with Gasteiger partial charge in [-0.2, -0.15) is 0 Å². The number of rotatable bonds is 8. The molecule has 1 N–H and O–H groups in total. The average Bonchev–Trinajstić information content (AvgIpc) is 2.62. The smallest absolute Gasteiger partial charge is 0.243 e. The second-order valence-electron chi connectivity index (χ2n) is 6.12. The minimum Gasteiger partial charge on any atom is -0.372 e. The molecule has 0 fully saturated rings. The molecule has 25 heavy (non-hydrogen) atoms. The van der Waals surface area contributed by atoms with E-state index >= 15 is 0 Å². The Morgan fingerprint density at radius 3 is 2.08 bits per heavy atom. The fraction of sp³-hybridized carbons (Fsp3) is 0.381. The summed E-state index contributed by atoms with van der Waals surface area (Å²) in [4.78, 5) is 16.8. The first-order chi connectivity index (χ1) is 12.1. The molecular weight excluding hydrogens is 310 g/mol. The van der Waals surface area contributed by atoms with Gasteiger partial charge in [0.1, 0.15) is 0 Å². The van der Waals surface area contributed by atoms with E-state index in [0.717, 1.165) is 31.0 Å². The lowest BCUT2D eigenvalue weighted by Gasteiger charge is -2.23. The number of nitrogens with zero attached hydrogens (tertiary/aromatic N) is 2. The summed E-state index contributed by atoms with van der Waals surface area (Å²) in [7, 11) is 0. The summed E-state index contributed by atoms with van der Waals surface area (Å²) < 4.78 is 0. The second-order valence-corrected chi connectivity index (χ2v) is 6.12. The fourth-order valence-electron chi connectivity index (χ4n) is 2.93. The van der Waals surface area contributed by atoms with Crippen LogP contribution in [0.4, 0.5) is 17.1 Å². The van der Waals surface area contributed by atoms with Crippen molar-refractivity contribution < 1.29 is 4.79 Å². The quantitative estimate of drug-likeness (QED) is 0.778. The molecule has 0 aliphatic rings. The normalized spacial score (nSPS) is 10.4. The van der Waals surface area contributed by atoms with Crippen LogP contribution in [-0.4, -0.2) is 32.1 Å². The number of amides is 1. The third-order valence-electron chi connectivity index (χ3n) is 4.36. The fourth-order valence-corrected chi connectivity index (χ4v) is 2.93. The van der Waals surface area contributed by atoms with Crippen molar-refractivity contribution in [3.05, 3.63) is 54.1 Å². The van der Waals surface area contributed by atoms with Crippen LogP contribution in [0.15, 0.2) is 48.5 Å². The Morgan fingerprint density at radius 2 is 1.52 bits per heavy atom. The molecule has 0 atom stereocenters. The number of hydrogen-bond acceptors (Lipinski definition) is 3. The van der Waals surface area contributed by atoms with E-state index in [9.17, 15) is 4.79 Å². The zero-order chi connectivity index (χ0) is 18.2.